The highest BCUT2D eigenvalue weighted by molar-refractivity contribution is 5.78. The minimum Gasteiger partial charge on any atom is -0.300 e. The van der Waals surface area contributed by atoms with Gasteiger partial charge in [0.05, 0.1) is 0 Å². The molecular formula is C12H10O2. The van der Waals surface area contributed by atoms with Crippen LogP contribution in [0, 0.1) is 11.8 Å². The van der Waals surface area contributed by atoms with E-state index in [1.54, 1.807) is 19.1 Å². The number of ketones is 1. The normalized spacial score (nSPS) is 8.64. The second-order valence-electron chi connectivity index (χ2n) is 2.96. The lowest BCUT2D eigenvalue weighted by Crippen LogP contribution is -1.95. The SMILES string of the molecule is CC(=O)Cc1ccc(C#CC=O)cc1. The molecule has 1 rings (SSSR count). The summed E-state index contributed by atoms with van der Waals surface area (Å²) >= 11 is 0. The Bertz CT molecular complexity index is 391. The van der Waals surface area contributed by atoms with Gasteiger partial charge in [-0.25, -0.2) is 0 Å². The van der Waals surface area contributed by atoms with Gasteiger partial charge in [0.25, 0.3) is 0 Å². The first kappa shape index (κ1) is 10.2. The third-order valence-corrected chi connectivity index (χ3v) is 1.68. The smallest absolute Gasteiger partial charge is 0.193 e. The lowest BCUT2D eigenvalue weighted by molar-refractivity contribution is -0.116. The summed E-state index contributed by atoms with van der Waals surface area (Å²) in [5, 5.41) is 0. The highest BCUT2D eigenvalue weighted by Gasteiger charge is 1.96. The first-order valence-corrected chi connectivity index (χ1v) is 4.26. The van der Waals surface area contributed by atoms with Crippen LogP contribution >= 0.6 is 0 Å². The number of hydrogen-bond donors (Lipinski definition) is 0. The second kappa shape index (κ2) is 4.98. The van der Waals surface area contributed by atoms with Crippen LogP contribution in [-0.4, -0.2) is 12.1 Å². The van der Waals surface area contributed by atoms with Gasteiger partial charge in [-0.3, -0.25) is 9.59 Å². The van der Waals surface area contributed by atoms with Crippen LogP contribution in [-0.2, 0) is 16.0 Å². The highest BCUT2D eigenvalue weighted by Crippen LogP contribution is 2.04. The molecule has 2 nitrogen and oxygen atoms in total. The highest BCUT2D eigenvalue weighted by atomic mass is 16.1. The van der Waals surface area contributed by atoms with Gasteiger partial charge in [-0.05, 0) is 30.5 Å². The molecule has 0 aliphatic rings. The summed E-state index contributed by atoms with van der Waals surface area (Å²) in [5.74, 6) is 5.14. The van der Waals surface area contributed by atoms with E-state index < -0.39 is 0 Å². The zero-order valence-electron chi connectivity index (χ0n) is 7.91. The van der Waals surface area contributed by atoms with Crippen LogP contribution in [0.15, 0.2) is 24.3 Å². The molecule has 0 atom stereocenters. The monoisotopic (exact) mass is 186 g/mol. The molecular weight excluding hydrogens is 176 g/mol. The third-order valence-electron chi connectivity index (χ3n) is 1.68. The predicted molar refractivity (Wildman–Crippen MR) is 53.8 cm³/mol. The zero-order valence-corrected chi connectivity index (χ0v) is 7.91. The number of aldehydes is 1. The van der Waals surface area contributed by atoms with Crippen LogP contribution in [0.4, 0.5) is 0 Å². The van der Waals surface area contributed by atoms with Crippen LogP contribution in [0.3, 0.4) is 0 Å². The molecule has 0 fully saturated rings. The molecule has 0 radical (unpaired) electrons. The van der Waals surface area contributed by atoms with E-state index in [4.69, 9.17) is 0 Å². The van der Waals surface area contributed by atoms with Gasteiger partial charge in [-0.2, -0.15) is 0 Å². The molecule has 0 aliphatic carbocycles. The van der Waals surface area contributed by atoms with Crippen molar-refractivity contribution in [2.75, 3.05) is 0 Å². The molecule has 0 N–H and O–H groups in total. The molecule has 1 aromatic rings. The van der Waals surface area contributed by atoms with Gasteiger partial charge in [0.1, 0.15) is 5.78 Å². The topological polar surface area (TPSA) is 34.1 Å². The Kier molecular flexibility index (Phi) is 3.63. The molecule has 14 heavy (non-hydrogen) atoms. The maximum absolute atomic E-state index is 10.8. The van der Waals surface area contributed by atoms with E-state index >= 15 is 0 Å². The van der Waals surface area contributed by atoms with Crippen molar-refractivity contribution in [2.45, 2.75) is 13.3 Å². The average molecular weight is 186 g/mol. The maximum Gasteiger partial charge on any atom is 0.193 e. The van der Waals surface area contributed by atoms with Gasteiger partial charge in [0.15, 0.2) is 6.29 Å². The Morgan fingerprint density at radius 2 is 2.00 bits per heavy atom. The van der Waals surface area contributed by atoms with E-state index in [2.05, 4.69) is 11.8 Å². The quantitative estimate of drug-likeness (QED) is 0.516. The number of carbonyl (C=O) groups is 2. The van der Waals surface area contributed by atoms with Crippen molar-refractivity contribution >= 4 is 12.1 Å². The Balaban J connectivity index is 2.78. The minimum atomic E-state index is 0.136. The van der Waals surface area contributed by atoms with Crippen molar-refractivity contribution in [2.24, 2.45) is 0 Å². The number of benzene rings is 1. The van der Waals surface area contributed by atoms with Crippen LogP contribution in [0.5, 0.6) is 0 Å². The summed E-state index contributed by atoms with van der Waals surface area (Å²) < 4.78 is 0. The van der Waals surface area contributed by atoms with E-state index in [1.807, 2.05) is 12.1 Å². The average Bonchev–Trinajstić information content (AvgIpc) is 2.16. The van der Waals surface area contributed by atoms with Gasteiger partial charge in [0, 0.05) is 12.0 Å². The largest absolute Gasteiger partial charge is 0.300 e. The summed E-state index contributed by atoms with van der Waals surface area (Å²) in [6.45, 7) is 1.56. The van der Waals surface area contributed by atoms with E-state index in [9.17, 15) is 9.59 Å². The molecule has 0 spiro atoms. The molecule has 0 heterocycles. The molecule has 0 aliphatic heterocycles. The van der Waals surface area contributed by atoms with E-state index in [0.717, 1.165) is 11.1 Å². The van der Waals surface area contributed by atoms with Crippen LogP contribution < -0.4 is 0 Å². The molecule has 0 bridgehead atoms. The molecule has 70 valence electrons. The standard InChI is InChI=1S/C12H10O2/c1-10(14)9-12-6-4-11(5-7-12)3-2-8-13/h4-8H,9H2,1H3. The van der Waals surface area contributed by atoms with Gasteiger partial charge in [-0.15, -0.1) is 0 Å². The lowest BCUT2D eigenvalue weighted by Gasteiger charge is -1.96. The van der Waals surface area contributed by atoms with Crippen molar-refractivity contribution in [1.29, 1.82) is 0 Å². The summed E-state index contributed by atoms with van der Waals surface area (Å²) in [4.78, 5) is 20.8. The molecule has 0 saturated heterocycles. The number of hydrogen-bond acceptors (Lipinski definition) is 2. The second-order valence-corrected chi connectivity index (χ2v) is 2.96. The van der Waals surface area contributed by atoms with Crippen LogP contribution in [0.25, 0.3) is 0 Å². The Hall–Kier alpha value is -1.88. The molecule has 0 unspecified atom stereocenters. The van der Waals surface area contributed by atoms with Crippen molar-refractivity contribution in [1.82, 2.24) is 0 Å². The lowest BCUT2D eigenvalue weighted by atomic mass is 10.1. The fourth-order valence-corrected chi connectivity index (χ4v) is 1.11. The fourth-order valence-electron chi connectivity index (χ4n) is 1.11. The number of Topliss-reactive ketones (excluding diaryl/α,β-unsaturated/α-hetero) is 1. The van der Waals surface area contributed by atoms with Gasteiger partial charge in [0.2, 0.25) is 0 Å². The zero-order chi connectivity index (χ0) is 10.4. The molecule has 0 amide bonds. The van der Waals surface area contributed by atoms with Crippen molar-refractivity contribution in [3.8, 4) is 11.8 Å². The summed E-state index contributed by atoms with van der Waals surface area (Å²) in [5.41, 5.74) is 1.75. The first-order valence-electron chi connectivity index (χ1n) is 4.26. The first-order chi connectivity index (χ1) is 6.72. The summed E-state index contributed by atoms with van der Waals surface area (Å²) in [7, 11) is 0. The fraction of sp³-hybridized carbons (Fsp3) is 0.167. The van der Waals surface area contributed by atoms with Gasteiger partial charge < -0.3 is 0 Å². The Labute approximate surface area is 82.9 Å². The number of carbonyl (C=O) groups excluding carboxylic acids is 2. The minimum absolute atomic E-state index is 0.136. The van der Waals surface area contributed by atoms with Crippen molar-refractivity contribution < 1.29 is 9.59 Å². The van der Waals surface area contributed by atoms with Crippen LogP contribution in [0.2, 0.25) is 0 Å². The van der Waals surface area contributed by atoms with Crippen LogP contribution in [0.1, 0.15) is 18.1 Å². The Morgan fingerprint density at radius 1 is 1.36 bits per heavy atom. The van der Waals surface area contributed by atoms with Crippen molar-refractivity contribution in [3.05, 3.63) is 35.4 Å². The van der Waals surface area contributed by atoms with Gasteiger partial charge in [-0.1, -0.05) is 18.1 Å². The van der Waals surface area contributed by atoms with E-state index in [0.29, 0.717) is 12.7 Å². The molecule has 0 saturated carbocycles. The summed E-state index contributed by atoms with van der Waals surface area (Å²) in [6, 6.07) is 7.29. The summed E-state index contributed by atoms with van der Waals surface area (Å²) in [6.07, 6.45) is 1.00. The van der Waals surface area contributed by atoms with E-state index in [1.165, 1.54) is 0 Å². The Morgan fingerprint density at radius 3 is 2.50 bits per heavy atom. The van der Waals surface area contributed by atoms with Crippen molar-refractivity contribution in [3.63, 3.8) is 0 Å². The number of rotatable bonds is 2. The van der Waals surface area contributed by atoms with Gasteiger partial charge >= 0.3 is 0 Å². The molecule has 0 aromatic heterocycles. The predicted octanol–water partition coefficient (Wildman–Crippen LogP) is 1.37. The van der Waals surface area contributed by atoms with E-state index in [-0.39, 0.29) is 5.78 Å². The maximum atomic E-state index is 10.8. The molecule has 1 aromatic carbocycles. The third kappa shape index (κ3) is 3.24. The molecule has 2 heteroatoms.